The van der Waals surface area contributed by atoms with Crippen LogP contribution in [0, 0.1) is 41.4 Å². The van der Waals surface area contributed by atoms with Crippen LogP contribution in [0.1, 0.15) is 26.2 Å². The Kier molecular flexibility index (Phi) is 3.89. The fourth-order valence-corrected chi connectivity index (χ4v) is 5.15. The van der Waals surface area contributed by atoms with Gasteiger partial charge in [-0.15, -0.1) is 0 Å². The Balaban J connectivity index is 0.000000129. The predicted octanol–water partition coefficient (Wildman–Crippen LogP) is 2.78. The second-order valence-corrected chi connectivity index (χ2v) is 7.45. The Hall–Kier alpha value is -2.17. The summed E-state index contributed by atoms with van der Waals surface area (Å²) in [6.45, 7) is 5.83. The summed E-state index contributed by atoms with van der Waals surface area (Å²) >= 11 is 0. The van der Waals surface area contributed by atoms with Crippen molar-refractivity contribution in [1.29, 1.82) is 0 Å². The van der Waals surface area contributed by atoms with Crippen molar-refractivity contribution in [2.75, 3.05) is 0 Å². The monoisotopic (exact) mass is 342 g/mol. The summed E-state index contributed by atoms with van der Waals surface area (Å²) in [7, 11) is 0. The van der Waals surface area contributed by atoms with Crippen LogP contribution in [0.2, 0.25) is 0 Å². The molecule has 0 N–H and O–H groups in total. The van der Waals surface area contributed by atoms with Crippen LogP contribution in [-0.4, -0.2) is 17.9 Å². The molecular weight excluding hydrogens is 320 g/mol. The van der Waals surface area contributed by atoms with E-state index in [1.807, 2.05) is 6.08 Å². The molecule has 132 valence electrons. The Morgan fingerprint density at radius 1 is 0.920 bits per heavy atom. The zero-order chi connectivity index (χ0) is 17.7. The van der Waals surface area contributed by atoms with Crippen LogP contribution >= 0.6 is 0 Å². The number of esters is 3. The highest BCUT2D eigenvalue weighted by Gasteiger charge is 2.61. The van der Waals surface area contributed by atoms with E-state index in [-0.39, 0.29) is 53.4 Å². The van der Waals surface area contributed by atoms with Gasteiger partial charge in [-0.05, 0) is 30.6 Å². The zero-order valence-electron chi connectivity index (χ0n) is 14.2. The third kappa shape index (κ3) is 2.40. The fraction of sp³-hybridized carbons (Fsp3) is 0.550. The lowest BCUT2D eigenvalue weighted by molar-refractivity contribution is -0.155. The van der Waals surface area contributed by atoms with Gasteiger partial charge < -0.3 is 9.47 Å². The molecule has 5 aliphatic rings. The van der Waals surface area contributed by atoms with Gasteiger partial charge in [-0.25, -0.2) is 0 Å². The summed E-state index contributed by atoms with van der Waals surface area (Å²) in [5, 5.41) is 0. The maximum absolute atomic E-state index is 11.4. The number of allylic oxidation sites excluding steroid dienone is 5. The molecule has 1 saturated carbocycles. The van der Waals surface area contributed by atoms with Gasteiger partial charge in [0.25, 0.3) is 0 Å². The average molecular weight is 342 g/mol. The SMILES string of the molecule is C=C1OC(=O)C2CC=CCC12.CCC1C2C=CC1C1C(=O)OC(=O)C21. The molecule has 0 amide bonds. The number of rotatable bonds is 1. The van der Waals surface area contributed by atoms with Gasteiger partial charge >= 0.3 is 17.9 Å². The van der Waals surface area contributed by atoms with E-state index in [0.29, 0.717) is 11.7 Å². The zero-order valence-corrected chi connectivity index (χ0v) is 14.2. The van der Waals surface area contributed by atoms with Gasteiger partial charge in [0.15, 0.2) is 0 Å². The van der Waals surface area contributed by atoms with E-state index in [2.05, 4.69) is 36.5 Å². The Morgan fingerprint density at radius 3 is 2.00 bits per heavy atom. The van der Waals surface area contributed by atoms with Gasteiger partial charge in [0.2, 0.25) is 0 Å². The highest BCUT2D eigenvalue weighted by atomic mass is 16.6. The Bertz CT molecular complexity index is 649. The summed E-state index contributed by atoms with van der Waals surface area (Å²) in [6, 6.07) is 0. The Morgan fingerprint density at radius 2 is 1.48 bits per heavy atom. The van der Waals surface area contributed by atoms with E-state index in [1.165, 1.54) is 0 Å². The Labute approximate surface area is 146 Å². The molecule has 25 heavy (non-hydrogen) atoms. The van der Waals surface area contributed by atoms with Gasteiger partial charge in [0, 0.05) is 5.92 Å². The van der Waals surface area contributed by atoms with Crippen molar-refractivity contribution < 1.29 is 23.9 Å². The van der Waals surface area contributed by atoms with Crippen molar-refractivity contribution in [3.05, 3.63) is 36.6 Å². The molecule has 5 rings (SSSR count). The molecule has 5 nitrogen and oxygen atoms in total. The molecule has 2 heterocycles. The third-order valence-electron chi connectivity index (χ3n) is 6.36. The molecule has 2 aliphatic heterocycles. The minimum atomic E-state index is -0.296. The molecule has 2 bridgehead atoms. The second-order valence-electron chi connectivity index (χ2n) is 7.45. The summed E-state index contributed by atoms with van der Waals surface area (Å²) in [4.78, 5) is 34.0. The van der Waals surface area contributed by atoms with E-state index in [4.69, 9.17) is 4.74 Å². The first-order valence-corrected chi connectivity index (χ1v) is 9.02. The smallest absolute Gasteiger partial charge is 0.318 e. The number of hydrogen-bond acceptors (Lipinski definition) is 5. The lowest BCUT2D eigenvalue weighted by Gasteiger charge is -2.15. The molecule has 6 atom stereocenters. The number of carbonyl (C=O) groups excluding carboxylic acids is 3. The number of carbonyl (C=O) groups is 3. The number of hydrogen-bond donors (Lipinski definition) is 0. The van der Waals surface area contributed by atoms with Crippen molar-refractivity contribution >= 4 is 17.9 Å². The van der Waals surface area contributed by atoms with Crippen LogP contribution < -0.4 is 0 Å². The van der Waals surface area contributed by atoms with Crippen LogP contribution in [-0.2, 0) is 23.9 Å². The second kappa shape index (κ2) is 5.97. The van der Waals surface area contributed by atoms with Gasteiger partial charge in [-0.2, -0.15) is 0 Å². The van der Waals surface area contributed by atoms with Gasteiger partial charge in [0.05, 0.1) is 17.8 Å². The molecule has 3 fully saturated rings. The number of ether oxygens (including phenoxy) is 2. The standard InChI is InChI=1S/C11H12O3.C9H10O2/c1-2-5-6-3-4-7(5)9-8(6)10(12)14-11(9)13;1-6-7-4-2-3-5-8(7)9(10)11-6/h3-9H,2H2,1H3;2-3,7-8H,1,4-5H2. The maximum atomic E-state index is 11.4. The molecule has 2 saturated heterocycles. The summed E-state index contributed by atoms with van der Waals surface area (Å²) in [6.07, 6.45) is 11.1. The summed E-state index contributed by atoms with van der Waals surface area (Å²) < 4.78 is 9.62. The molecule has 3 aliphatic carbocycles. The normalized spacial score (nSPS) is 42.7. The topological polar surface area (TPSA) is 69.7 Å². The van der Waals surface area contributed by atoms with Gasteiger partial charge in [-0.3, -0.25) is 14.4 Å². The van der Waals surface area contributed by atoms with Gasteiger partial charge in [0.1, 0.15) is 5.76 Å². The van der Waals surface area contributed by atoms with Crippen molar-refractivity contribution in [1.82, 2.24) is 0 Å². The van der Waals surface area contributed by atoms with Crippen LogP contribution in [0.5, 0.6) is 0 Å². The van der Waals surface area contributed by atoms with Crippen LogP contribution in [0.15, 0.2) is 36.6 Å². The minimum Gasteiger partial charge on any atom is -0.431 e. The van der Waals surface area contributed by atoms with E-state index in [0.717, 1.165) is 19.3 Å². The van der Waals surface area contributed by atoms with E-state index < -0.39 is 0 Å². The molecule has 0 spiro atoms. The largest absolute Gasteiger partial charge is 0.431 e. The highest BCUT2D eigenvalue weighted by Crippen LogP contribution is 2.56. The first-order chi connectivity index (χ1) is 12.0. The number of cyclic esters (lactones) is 3. The molecular formula is C20H22O5. The molecule has 0 aromatic heterocycles. The molecule has 6 unspecified atom stereocenters. The van der Waals surface area contributed by atoms with Crippen LogP contribution in [0.4, 0.5) is 0 Å². The lowest BCUT2D eigenvalue weighted by atomic mass is 9.84. The average Bonchev–Trinajstić information content (AvgIpc) is 3.31. The first-order valence-electron chi connectivity index (χ1n) is 9.02. The van der Waals surface area contributed by atoms with Crippen molar-refractivity contribution in [3.63, 3.8) is 0 Å². The first kappa shape index (κ1) is 16.3. The third-order valence-corrected chi connectivity index (χ3v) is 6.36. The maximum Gasteiger partial charge on any atom is 0.318 e. The van der Waals surface area contributed by atoms with E-state index in [1.54, 1.807) is 0 Å². The minimum absolute atomic E-state index is 0.0625. The fourth-order valence-electron chi connectivity index (χ4n) is 5.15. The van der Waals surface area contributed by atoms with Crippen molar-refractivity contribution in [2.45, 2.75) is 26.2 Å². The number of fused-ring (bicyclic) bond motifs is 6. The van der Waals surface area contributed by atoms with Crippen molar-refractivity contribution in [3.8, 4) is 0 Å². The summed E-state index contributed by atoms with van der Waals surface area (Å²) in [5.41, 5.74) is 0. The molecule has 5 heteroatoms. The van der Waals surface area contributed by atoms with E-state index >= 15 is 0 Å². The molecule has 0 radical (unpaired) electrons. The highest BCUT2D eigenvalue weighted by molar-refractivity contribution is 5.98. The predicted molar refractivity (Wildman–Crippen MR) is 88.6 cm³/mol. The quantitative estimate of drug-likeness (QED) is 0.416. The lowest BCUT2D eigenvalue weighted by Crippen LogP contribution is -2.21. The molecule has 0 aromatic rings. The van der Waals surface area contributed by atoms with Crippen LogP contribution in [0.3, 0.4) is 0 Å². The summed E-state index contributed by atoms with van der Waals surface area (Å²) in [5.74, 6) is 0.967. The van der Waals surface area contributed by atoms with Crippen molar-refractivity contribution in [2.24, 2.45) is 41.4 Å². The van der Waals surface area contributed by atoms with Crippen LogP contribution in [0.25, 0.3) is 0 Å². The van der Waals surface area contributed by atoms with E-state index in [9.17, 15) is 14.4 Å². The van der Waals surface area contributed by atoms with Gasteiger partial charge in [-0.1, -0.05) is 44.2 Å². The molecule has 0 aromatic carbocycles.